The quantitative estimate of drug-likeness (QED) is 0.630. The standard InChI is InChI=1S/C5HF6N3O2/c6-4(7,8)1-12-3(2(15)16,14-13-1)5(9,10)11/h(H,15,16)/p-1. The van der Waals surface area contributed by atoms with E-state index in [1.54, 1.807) is 0 Å². The van der Waals surface area contributed by atoms with E-state index in [4.69, 9.17) is 0 Å². The van der Waals surface area contributed by atoms with Crippen molar-refractivity contribution in [2.75, 3.05) is 0 Å². The van der Waals surface area contributed by atoms with E-state index >= 15 is 0 Å². The highest BCUT2D eigenvalue weighted by molar-refractivity contribution is 5.93. The van der Waals surface area contributed by atoms with Gasteiger partial charge < -0.3 is 9.90 Å². The molecule has 0 saturated carbocycles. The Morgan fingerprint density at radius 1 is 1.19 bits per heavy atom. The maximum absolute atomic E-state index is 12.2. The average molecular weight is 248 g/mol. The van der Waals surface area contributed by atoms with Crippen LogP contribution in [-0.4, -0.2) is 29.8 Å². The first-order chi connectivity index (χ1) is 7.01. The van der Waals surface area contributed by atoms with Crippen molar-refractivity contribution in [3.63, 3.8) is 0 Å². The molecule has 1 aliphatic rings. The summed E-state index contributed by atoms with van der Waals surface area (Å²) in [5.41, 5.74) is -4.31. The second-order valence-electron chi connectivity index (χ2n) is 2.59. The molecule has 0 amide bonds. The largest absolute Gasteiger partial charge is 0.545 e. The number of hydrogen-bond acceptors (Lipinski definition) is 5. The van der Waals surface area contributed by atoms with Gasteiger partial charge in [-0.25, -0.2) is 4.99 Å². The third-order valence-corrected chi connectivity index (χ3v) is 1.49. The van der Waals surface area contributed by atoms with Crippen molar-refractivity contribution in [1.82, 2.24) is 0 Å². The molecule has 16 heavy (non-hydrogen) atoms. The second kappa shape index (κ2) is 3.15. The number of nitrogens with zero attached hydrogens (tertiary/aromatic N) is 3. The number of amidine groups is 1. The highest BCUT2D eigenvalue weighted by Gasteiger charge is 2.62. The molecule has 0 radical (unpaired) electrons. The number of aliphatic carboxylic acids is 1. The Morgan fingerprint density at radius 2 is 1.69 bits per heavy atom. The summed E-state index contributed by atoms with van der Waals surface area (Å²) in [6.07, 6.45) is -11.0. The van der Waals surface area contributed by atoms with Gasteiger partial charge in [0.1, 0.15) is 5.97 Å². The molecule has 1 unspecified atom stereocenters. The minimum Gasteiger partial charge on any atom is -0.545 e. The van der Waals surface area contributed by atoms with Crippen molar-refractivity contribution in [3.8, 4) is 0 Å². The van der Waals surface area contributed by atoms with Crippen LogP contribution in [-0.2, 0) is 4.79 Å². The van der Waals surface area contributed by atoms with Crippen LogP contribution in [0.25, 0.3) is 0 Å². The molecule has 90 valence electrons. The fourth-order valence-electron chi connectivity index (χ4n) is 0.760. The van der Waals surface area contributed by atoms with Crippen LogP contribution in [0.4, 0.5) is 26.3 Å². The molecule has 0 fully saturated rings. The van der Waals surface area contributed by atoms with Crippen molar-refractivity contribution in [3.05, 3.63) is 0 Å². The minimum atomic E-state index is -5.66. The van der Waals surface area contributed by atoms with Gasteiger partial charge in [-0.15, -0.1) is 10.2 Å². The van der Waals surface area contributed by atoms with E-state index < -0.39 is 29.8 Å². The van der Waals surface area contributed by atoms with Gasteiger partial charge in [-0.1, -0.05) is 0 Å². The number of carbonyl (C=O) groups excluding carboxylic acids is 1. The molecule has 0 N–H and O–H groups in total. The molecule has 0 aromatic heterocycles. The van der Waals surface area contributed by atoms with Crippen molar-refractivity contribution in [1.29, 1.82) is 0 Å². The van der Waals surface area contributed by atoms with Crippen molar-refractivity contribution in [2.24, 2.45) is 15.2 Å². The van der Waals surface area contributed by atoms with Crippen LogP contribution in [0.2, 0.25) is 0 Å². The Morgan fingerprint density at radius 3 is 1.88 bits per heavy atom. The van der Waals surface area contributed by atoms with Crippen molar-refractivity contribution >= 4 is 11.8 Å². The molecule has 0 aromatic carbocycles. The van der Waals surface area contributed by atoms with Gasteiger partial charge in [-0.05, 0) is 0 Å². The Labute approximate surface area is 82.5 Å². The third-order valence-electron chi connectivity index (χ3n) is 1.49. The van der Waals surface area contributed by atoms with Gasteiger partial charge in [0.05, 0.1) is 0 Å². The third kappa shape index (κ3) is 1.72. The molecule has 1 atom stereocenters. The number of hydrogen-bond donors (Lipinski definition) is 0. The van der Waals surface area contributed by atoms with Crippen molar-refractivity contribution < 1.29 is 36.2 Å². The van der Waals surface area contributed by atoms with Crippen LogP contribution in [0.3, 0.4) is 0 Å². The summed E-state index contributed by atoms with van der Waals surface area (Å²) in [5.74, 6) is -5.20. The number of halogens is 6. The lowest BCUT2D eigenvalue weighted by atomic mass is 10.2. The molecule has 0 aliphatic carbocycles. The first-order valence-electron chi connectivity index (χ1n) is 3.39. The molecule has 11 heteroatoms. The number of carbonyl (C=O) groups is 1. The zero-order valence-corrected chi connectivity index (χ0v) is 6.93. The zero-order chi connectivity index (χ0) is 12.8. The van der Waals surface area contributed by atoms with E-state index in [0.717, 1.165) is 0 Å². The number of carboxylic acid groups (broad SMARTS) is 1. The molecule has 5 nitrogen and oxygen atoms in total. The maximum Gasteiger partial charge on any atom is 0.453 e. The molecular formula is C5F6N3O2-. The zero-order valence-electron chi connectivity index (χ0n) is 6.93. The molecule has 0 aromatic rings. The number of carboxylic acids is 1. The van der Waals surface area contributed by atoms with E-state index in [2.05, 4.69) is 5.11 Å². The summed E-state index contributed by atoms with van der Waals surface area (Å²) >= 11 is 0. The summed E-state index contributed by atoms with van der Waals surface area (Å²) in [5, 5.41) is 14.2. The van der Waals surface area contributed by atoms with Crippen LogP contribution in [0.15, 0.2) is 15.2 Å². The van der Waals surface area contributed by atoms with E-state index in [1.807, 2.05) is 10.1 Å². The van der Waals surface area contributed by atoms with Crippen molar-refractivity contribution in [2.45, 2.75) is 18.0 Å². The molecular weight excluding hydrogens is 248 g/mol. The Hall–Kier alpha value is -1.68. The lowest BCUT2D eigenvalue weighted by Crippen LogP contribution is -2.55. The first-order valence-corrected chi connectivity index (χ1v) is 3.39. The van der Waals surface area contributed by atoms with Gasteiger partial charge in [0.25, 0.3) is 5.84 Å². The lowest BCUT2D eigenvalue weighted by molar-refractivity contribution is -0.328. The van der Waals surface area contributed by atoms with E-state index in [9.17, 15) is 36.2 Å². The fraction of sp³-hybridized carbons (Fsp3) is 0.600. The van der Waals surface area contributed by atoms with Crippen LogP contribution < -0.4 is 5.11 Å². The second-order valence-corrected chi connectivity index (χ2v) is 2.59. The summed E-state index contributed by atoms with van der Waals surface area (Å²) in [6.45, 7) is 0. The van der Waals surface area contributed by atoms with Gasteiger partial charge in [-0.2, -0.15) is 26.3 Å². The molecule has 1 heterocycles. The minimum absolute atomic E-state index is 1.93. The Bertz CT molecular complexity index is 383. The van der Waals surface area contributed by atoms with Crippen LogP contribution in [0, 0.1) is 0 Å². The highest BCUT2D eigenvalue weighted by Crippen LogP contribution is 2.39. The Kier molecular flexibility index (Phi) is 2.44. The highest BCUT2D eigenvalue weighted by atomic mass is 19.4. The molecule has 1 rings (SSSR count). The average Bonchev–Trinajstić information content (AvgIpc) is 2.45. The van der Waals surface area contributed by atoms with Gasteiger partial charge in [0.2, 0.25) is 0 Å². The first kappa shape index (κ1) is 12.4. The number of rotatable bonds is 1. The monoisotopic (exact) mass is 248 g/mol. The summed E-state index contributed by atoms with van der Waals surface area (Å²) in [4.78, 5) is 12.1. The predicted octanol–water partition coefficient (Wildman–Crippen LogP) is 0.421. The van der Waals surface area contributed by atoms with Gasteiger partial charge in [-0.3, -0.25) is 0 Å². The smallest absolute Gasteiger partial charge is 0.453 e. The topological polar surface area (TPSA) is 77.2 Å². The molecule has 0 spiro atoms. The van der Waals surface area contributed by atoms with Crippen LogP contribution >= 0.6 is 0 Å². The number of azo groups is 1. The summed E-state index contributed by atoms with van der Waals surface area (Å²) < 4.78 is 72.2. The SMILES string of the molecule is O=C([O-])C1(C(F)(F)F)N=NC(C(F)(F)F)=N1. The predicted molar refractivity (Wildman–Crippen MR) is 32.1 cm³/mol. The molecule has 1 aliphatic heterocycles. The number of alkyl halides is 6. The fourth-order valence-corrected chi connectivity index (χ4v) is 0.760. The van der Waals surface area contributed by atoms with Gasteiger partial charge in [0.15, 0.2) is 0 Å². The normalized spacial score (nSPS) is 25.8. The Balaban J connectivity index is 3.28. The van der Waals surface area contributed by atoms with Crippen LogP contribution in [0.5, 0.6) is 0 Å². The van der Waals surface area contributed by atoms with E-state index in [1.165, 1.54) is 0 Å². The number of aliphatic imine (C=N–C) groups is 1. The lowest BCUT2D eigenvalue weighted by Gasteiger charge is -2.24. The van der Waals surface area contributed by atoms with Gasteiger partial charge in [0, 0.05) is 0 Å². The van der Waals surface area contributed by atoms with E-state index in [-0.39, 0.29) is 0 Å². The molecule has 0 bridgehead atoms. The van der Waals surface area contributed by atoms with Crippen LogP contribution in [0.1, 0.15) is 0 Å². The summed E-state index contributed by atoms with van der Waals surface area (Å²) in [6, 6.07) is 0. The summed E-state index contributed by atoms with van der Waals surface area (Å²) in [7, 11) is 0. The molecule has 0 saturated heterocycles. The van der Waals surface area contributed by atoms with E-state index in [0.29, 0.717) is 0 Å². The maximum atomic E-state index is 12.2. The van der Waals surface area contributed by atoms with Gasteiger partial charge >= 0.3 is 18.0 Å².